The fourth-order valence-corrected chi connectivity index (χ4v) is 7.35. The van der Waals surface area contributed by atoms with E-state index in [1.165, 1.54) is 128 Å². The smallest absolute Gasteiger partial charge is 0.306 e. The molecule has 0 spiro atoms. The molecule has 0 aliphatic heterocycles. The lowest BCUT2D eigenvalue weighted by Crippen LogP contribution is -2.30. The minimum absolute atomic E-state index is 0.0831. The zero-order valence-corrected chi connectivity index (χ0v) is 40.4. The van der Waals surface area contributed by atoms with Crippen LogP contribution in [0.4, 0.5) is 0 Å². The fraction of sp³-hybridized carbons (Fsp3) is 0.800. The van der Waals surface area contributed by atoms with Crippen LogP contribution >= 0.6 is 0 Å². The number of esters is 3. The molecule has 0 rings (SSSR count). The summed E-state index contributed by atoms with van der Waals surface area (Å²) in [6.07, 6.45) is 59.6. The van der Waals surface area contributed by atoms with Crippen molar-refractivity contribution in [3.63, 3.8) is 0 Å². The van der Waals surface area contributed by atoms with Crippen LogP contribution in [0.25, 0.3) is 0 Å². The van der Waals surface area contributed by atoms with Crippen molar-refractivity contribution in [2.45, 2.75) is 271 Å². The molecule has 1 unspecified atom stereocenters. The number of hydrogen-bond acceptors (Lipinski definition) is 6. The molecule has 1 atom stereocenters. The molecule has 61 heavy (non-hydrogen) atoms. The van der Waals surface area contributed by atoms with Gasteiger partial charge in [-0.25, -0.2) is 0 Å². The van der Waals surface area contributed by atoms with Crippen molar-refractivity contribution in [3.8, 4) is 0 Å². The Morgan fingerprint density at radius 3 is 1.03 bits per heavy atom. The predicted octanol–water partition coefficient (Wildman–Crippen LogP) is 17.1. The van der Waals surface area contributed by atoms with Gasteiger partial charge >= 0.3 is 17.9 Å². The van der Waals surface area contributed by atoms with E-state index in [1.807, 2.05) is 0 Å². The lowest BCUT2D eigenvalue weighted by Gasteiger charge is -2.18. The summed E-state index contributed by atoms with van der Waals surface area (Å²) in [7, 11) is 0. The number of unbranched alkanes of at least 4 members (excludes halogenated alkanes) is 28. The van der Waals surface area contributed by atoms with Crippen molar-refractivity contribution in [1.29, 1.82) is 0 Å². The van der Waals surface area contributed by atoms with Crippen LogP contribution in [0.15, 0.2) is 48.6 Å². The van der Waals surface area contributed by atoms with E-state index in [2.05, 4.69) is 69.4 Å². The normalized spacial score (nSPS) is 12.4. The number of allylic oxidation sites excluding steroid dienone is 8. The molecule has 0 amide bonds. The van der Waals surface area contributed by atoms with Gasteiger partial charge in [0.05, 0.1) is 0 Å². The predicted molar refractivity (Wildman–Crippen MR) is 261 cm³/mol. The van der Waals surface area contributed by atoms with Crippen LogP contribution in [0.2, 0.25) is 0 Å². The first-order valence-electron chi connectivity index (χ1n) is 26.1. The van der Waals surface area contributed by atoms with E-state index in [0.717, 1.165) is 96.3 Å². The first-order chi connectivity index (χ1) is 30.0. The number of carbonyl (C=O) groups is 3. The second-order valence-electron chi connectivity index (χ2n) is 17.4. The highest BCUT2D eigenvalue weighted by atomic mass is 16.6. The minimum atomic E-state index is -0.783. The van der Waals surface area contributed by atoms with Gasteiger partial charge in [0.15, 0.2) is 6.10 Å². The number of ether oxygens (including phenoxy) is 3. The Hall–Kier alpha value is -2.63. The first kappa shape index (κ1) is 58.4. The van der Waals surface area contributed by atoms with Gasteiger partial charge in [-0.15, -0.1) is 0 Å². The molecule has 0 heterocycles. The van der Waals surface area contributed by atoms with Crippen molar-refractivity contribution in [2.75, 3.05) is 13.2 Å². The van der Waals surface area contributed by atoms with E-state index in [4.69, 9.17) is 14.2 Å². The van der Waals surface area contributed by atoms with E-state index < -0.39 is 6.10 Å². The molecule has 0 aromatic rings. The molecule has 6 heteroatoms. The third-order valence-corrected chi connectivity index (χ3v) is 11.3. The molecule has 0 fully saturated rings. The van der Waals surface area contributed by atoms with E-state index in [1.54, 1.807) is 0 Å². The summed E-state index contributed by atoms with van der Waals surface area (Å²) in [5.74, 6) is -0.906. The first-order valence-corrected chi connectivity index (χ1v) is 26.1. The van der Waals surface area contributed by atoms with Crippen molar-refractivity contribution in [3.05, 3.63) is 48.6 Å². The highest BCUT2D eigenvalue weighted by molar-refractivity contribution is 5.71. The minimum Gasteiger partial charge on any atom is -0.462 e. The highest BCUT2D eigenvalue weighted by Crippen LogP contribution is 2.15. The maximum atomic E-state index is 12.8. The Kier molecular flexibility index (Phi) is 47.9. The summed E-state index contributed by atoms with van der Waals surface area (Å²) in [6.45, 7) is 6.49. The van der Waals surface area contributed by atoms with Gasteiger partial charge in [0, 0.05) is 19.3 Å². The van der Waals surface area contributed by atoms with Crippen LogP contribution < -0.4 is 0 Å². The Morgan fingerprint density at radius 1 is 0.344 bits per heavy atom. The van der Waals surface area contributed by atoms with Gasteiger partial charge in [-0.05, 0) is 96.3 Å². The molecule has 0 radical (unpaired) electrons. The van der Waals surface area contributed by atoms with Crippen molar-refractivity contribution < 1.29 is 28.6 Å². The highest BCUT2D eigenvalue weighted by Gasteiger charge is 2.19. The maximum absolute atomic E-state index is 12.8. The van der Waals surface area contributed by atoms with Gasteiger partial charge in [-0.2, -0.15) is 0 Å². The molecule has 354 valence electrons. The van der Waals surface area contributed by atoms with Crippen LogP contribution in [-0.4, -0.2) is 37.2 Å². The maximum Gasteiger partial charge on any atom is 0.306 e. The SMILES string of the molecule is CC/C=C\C/C=C\CCCCCCCC(=O)OC(COC(=O)CCCCCCC/C=C\CCCCC)COC(=O)CCCCCCCCC/C=C\CCCCCCCCCC. The quantitative estimate of drug-likeness (QED) is 0.0263. The van der Waals surface area contributed by atoms with Crippen LogP contribution in [0.5, 0.6) is 0 Å². The third kappa shape index (κ3) is 48.3. The molecule has 6 nitrogen and oxygen atoms in total. The Labute approximate surface area is 378 Å². The summed E-state index contributed by atoms with van der Waals surface area (Å²) in [6, 6.07) is 0. The zero-order chi connectivity index (χ0) is 44.4. The van der Waals surface area contributed by atoms with E-state index in [9.17, 15) is 14.4 Å². The van der Waals surface area contributed by atoms with Crippen LogP contribution in [0.3, 0.4) is 0 Å². The monoisotopic (exact) mass is 855 g/mol. The Balaban J connectivity index is 4.33. The van der Waals surface area contributed by atoms with Gasteiger partial charge in [0.2, 0.25) is 0 Å². The molecule has 0 aliphatic carbocycles. The van der Waals surface area contributed by atoms with Crippen molar-refractivity contribution in [2.24, 2.45) is 0 Å². The van der Waals surface area contributed by atoms with Crippen LogP contribution in [0, 0.1) is 0 Å². The summed E-state index contributed by atoms with van der Waals surface area (Å²) >= 11 is 0. The molecule has 0 aliphatic rings. The lowest BCUT2D eigenvalue weighted by molar-refractivity contribution is -0.167. The zero-order valence-electron chi connectivity index (χ0n) is 40.4. The molecular formula is C55H98O6. The molecule has 0 N–H and O–H groups in total. The van der Waals surface area contributed by atoms with Crippen molar-refractivity contribution >= 4 is 17.9 Å². The summed E-state index contributed by atoms with van der Waals surface area (Å²) in [5, 5.41) is 0. The lowest BCUT2D eigenvalue weighted by atomic mass is 10.1. The molecule has 0 saturated carbocycles. The van der Waals surface area contributed by atoms with Crippen molar-refractivity contribution in [1.82, 2.24) is 0 Å². The number of hydrogen-bond donors (Lipinski definition) is 0. The topological polar surface area (TPSA) is 78.9 Å². The van der Waals surface area contributed by atoms with E-state index in [0.29, 0.717) is 19.3 Å². The van der Waals surface area contributed by atoms with E-state index >= 15 is 0 Å². The molecule has 0 saturated heterocycles. The average molecular weight is 855 g/mol. The van der Waals surface area contributed by atoms with Gasteiger partial charge in [-0.3, -0.25) is 14.4 Å². The molecule has 0 aromatic carbocycles. The molecular weight excluding hydrogens is 757 g/mol. The Morgan fingerprint density at radius 2 is 0.639 bits per heavy atom. The summed E-state index contributed by atoms with van der Waals surface area (Å²) in [4.78, 5) is 37.9. The van der Waals surface area contributed by atoms with Gasteiger partial charge < -0.3 is 14.2 Å². The fourth-order valence-electron chi connectivity index (χ4n) is 7.35. The second kappa shape index (κ2) is 50.0. The molecule has 0 bridgehead atoms. The van der Waals surface area contributed by atoms with Gasteiger partial charge in [0.25, 0.3) is 0 Å². The summed E-state index contributed by atoms with van der Waals surface area (Å²) < 4.78 is 16.8. The number of rotatable bonds is 47. The van der Waals surface area contributed by atoms with Gasteiger partial charge in [0.1, 0.15) is 13.2 Å². The van der Waals surface area contributed by atoms with Gasteiger partial charge in [-0.1, -0.05) is 198 Å². The van der Waals surface area contributed by atoms with Crippen LogP contribution in [-0.2, 0) is 28.6 Å². The standard InChI is InChI=1S/C55H98O6/c1-4-7-10-13-16-19-22-25-26-27-28-29-30-31-34-36-39-42-45-48-54(57)60-51-52(61-55(58)49-46-43-40-37-33-24-21-18-15-12-9-6-3)50-59-53(56)47-44-41-38-35-32-23-20-17-14-11-8-5-2/h9,12,17-18,20-21,27-28,52H,4-8,10-11,13-16,19,22-26,29-51H2,1-3H3/b12-9-,20-17-,21-18-,28-27-. The Bertz CT molecular complexity index is 1070. The molecule has 0 aromatic heterocycles. The summed E-state index contributed by atoms with van der Waals surface area (Å²) in [5.41, 5.74) is 0. The third-order valence-electron chi connectivity index (χ3n) is 11.3. The number of carbonyl (C=O) groups excluding carboxylic acids is 3. The second-order valence-corrected chi connectivity index (χ2v) is 17.4. The largest absolute Gasteiger partial charge is 0.462 e. The average Bonchev–Trinajstić information content (AvgIpc) is 3.26. The van der Waals surface area contributed by atoms with Crippen LogP contribution in [0.1, 0.15) is 265 Å². The van der Waals surface area contributed by atoms with E-state index in [-0.39, 0.29) is 31.1 Å².